The van der Waals surface area contributed by atoms with Gasteiger partial charge in [0.25, 0.3) is 0 Å². The average molecular weight is 542 g/mol. The third kappa shape index (κ3) is 6.97. The molecule has 0 saturated carbocycles. The van der Waals surface area contributed by atoms with Crippen molar-refractivity contribution in [3.63, 3.8) is 0 Å². The molecule has 9 heteroatoms. The molecule has 0 aromatic heterocycles. The third-order valence-corrected chi connectivity index (χ3v) is 8.60. The molecule has 0 bridgehead atoms. The van der Waals surface area contributed by atoms with E-state index in [2.05, 4.69) is 22.3 Å². The van der Waals surface area contributed by atoms with Gasteiger partial charge in [-0.25, -0.2) is 8.42 Å². The highest BCUT2D eigenvalue weighted by Crippen LogP contribution is 2.29. The monoisotopic (exact) mass is 541 g/mol. The van der Waals surface area contributed by atoms with Crippen LogP contribution in [0.4, 0.5) is 0 Å². The number of likely N-dealkylation sites (N-methyl/N-ethyl adjacent to an activating group) is 1. The second-order valence-electron chi connectivity index (χ2n) is 8.95. The number of carbonyl (C=O) groups is 1. The van der Waals surface area contributed by atoms with Gasteiger partial charge in [0.15, 0.2) is 0 Å². The highest BCUT2D eigenvalue weighted by Gasteiger charge is 2.36. The molecule has 0 spiro atoms. The van der Waals surface area contributed by atoms with Gasteiger partial charge in [-0.05, 0) is 47.4 Å². The number of rotatable bonds is 10. The van der Waals surface area contributed by atoms with Crippen molar-refractivity contribution < 1.29 is 17.9 Å². The van der Waals surface area contributed by atoms with Gasteiger partial charge in [-0.3, -0.25) is 9.69 Å². The summed E-state index contributed by atoms with van der Waals surface area (Å²) in [6, 6.07) is 22.2. The normalized spacial score (nSPS) is 15.4. The number of hydrogen-bond acceptors (Lipinski definition) is 5. The van der Waals surface area contributed by atoms with Crippen LogP contribution in [-0.4, -0.2) is 63.4 Å². The summed E-state index contributed by atoms with van der Waals surface area (Å²) >= 11 is 6.01. The molecule has 1 amide bonds. The van der Waals surface area contributed by atoms with Crippen LogP contribution in [0.2, 0.25) is 5.02 Å². The SMILES string of the molecule is CNC(=O)[C@@H](c1ccccc1)N(CCc1ccc(CN2CCOCC2)cc1)S(=O)(=O)c1ccc(Cl)cc1. The van der Waals surface area contributed by atoms with E-state index in [1.165, 1.54) is 41.2 Å². The van der Waals surface area contributed by atoms with Crippen LogP contribution in [0.25, 0.3) is 0 Å². The van der Waals surface area contributed by atoms with Crippen molar-refractivity contribution in [3.8, 4) is 0 Å². The summed E-state index contributed by atoms with van der Waals surface area (Å²) in [5, 5.41) is 3.08. The van der Waals surface area contributed by atoms with Gasteiger partial charge in [0.1, 0.15) is 6.04 Å². The summed E-state index contributed by atoms with van der Waals surface area (Å²) in [7, 11) is -2.51. The van der Waals surface area contributed by atoms with E-state index in [-0.39, 0.29) is 11.4 Å². The van der Waals surface area contributed by atoms with Crippen molar-refractivity contribution in [3.05, 3.63) is 101 Å². The van der Waals surface area contributed by atoms with E-state index in [9.17, 15) is 13.2 Å². The van der Waals surface area contributed by atoms with Crippen molar-refractivity contribution in [1.82, 2.24) is 14.5 Å². The van der Waals surface area contributed by atoms with Crippen LogP contribution in [0.1, 0.15) is 22.7 Å². The van der Waals surface area contributed by atoms with Gasteiger partial charge < -0.3 is 10.1 Å². The molecule has 3 aromatic carbocycles. The number of nitrogens with one attached hydrogen (secondary N) is 1. The second-order valence-corrected chi connectivity index (χ2v) is 11.3. The first kappa shape index (κ1) is 27.3. The standard InChI is InChI=1S/C28H32ClN3O4S/c1-30-28(33)27(24-5-3-2-4-6-24)32(37(34,35)26-13-11-25(29)12-14-26)16-15-22-7-9-23(10-8-22)21-31-17-19-36-20-18-31/h2-14,27H,15-21H2,1H3,(H,30,33)/t27-/m1/s1. The largest absolute Gasteiger partial charge is 0.379 e. The zero-order valence-corrected chi connectivity index (χ0v) is 22.4. The Bertz CT molecular complexity index is 1260. The van der Waals surface area contributed by atoms with Crippen LogP contribution < -0.4 is 5.32 Å². The molecule has 1 N–H and O–H groups in total. The van der Waals surface area contributed by atoms with Crippen LogP contribution in [-0.2, 0) is 32.5 Å². The Morgan fingerprint density at radius 1 is 0.973 bits per heavy atom. The molecule has 37 heavy (non-hydrogen) atoms. The van der Waals surface area contributed by atoms with Gasteiger partial charge in [0, 0.05) is 38.2 Å². The Morgan fingerprint density at radius 2 is 1.59 bits per heavy atom. The zero-order chi connectivity index (χ0) is 26.3. The van der Waals surface area contributed by atoms with Crippen molar-refractivity contribution in [1.29, 1.82) is 0 Å². The first-order chi connectivity index (χ1) is 17.9. The lowest BCUT2D eigenvalue weighted by Crippen LogP contribution is -2.43. The number of amides is 1. The summed E-state index contributed by atoms with van der Waals surface area (Å²) in [6.45, 7) is 4.32. The molecule has 0 unspecified atom stereocenters. The molecule has 1 saturated heterocycles. The van der Waals surface area contributed by atoms with Gasteiger partial charge in [-0.15, -0.1) is 0 Å². The molecule has 7 nitrogen and oxygen atoms in total. The Morgan fingerprint density at radius 3 is 2.22 bits per heavy atom. The van der Waals surface area contributed by atoms with E-state index in [0.717, 1.165) is 38.4 Å². The van der Waals surface area contributed by atoms with Crippen molar-refractivity contribution in [2.45, 2.75) is 23.9 Å². The van der Waals surface area contributed by atoms with E-state index in [1.807, 2.05) is 18.2 Å². The van der Waals surface area contributed by atoms with Crippen molar-refractivity contribution in [2.75, 3.05) is 39.9 Å². The lowest BCUT2D eigenvalue weighted by molar-refractivity contribution is -0.124. The number of morpholine rings is 1. The molecule has 4 rings (SSSR count). The lowest BCUT2D eigenvalue weighted by Gasteiger charge is -2.30. The number of carbonyl (C=O) groups excluding carboxylic acids is 1. The van der Waals surface area contributed by atoms with Crippen LogP contribution in [0.5, 0.6) is 0 Å². The molecule has 1 aliphatic rings. The van der Waals surface area contributed by atoms with E-state index in [4.69, 9.17) is 16.3 Å². The fourth-order valence-electron chi connectivity index (χ4n) is 4.42. The van der Waals surface area contributed by atoms with Crippen LogP contribution >= 0.6 is 11.6 Å². The molecule has 0 radical (unpaired) electrons. The number of nitrogens with zero attached hydrogens (tertiary/aromatic N) is 2. The second kappa shape index (κ2) is 12.7. The predicted octanol–water partition coefficient (Wildman–Crippen LogP) is 3.89. The fraction of sp³-hybridized carbons (Fsp3) is 0.321. The first-order valence-corrected chi connectivity index (χ1v) is 14.1. The highest BCUT2D eigenvalue weighted by molar-refractivity contribution is 7.89. The Labute approximate surface area is 224 Å². The molecular weight excluding hydrogens is 510 g/mol. The van der Waals surface area contributed by atoms with Gasteiger partial charge in [-0.2, -0.15) is 4.31 Å². The zero-order valence-electron chi connectivity index (χ0n) is 20.8. The minimum atomic E-state index is -4.02. The molecule has 196 valence electrons. The quantitative estimate of drug-likeness (QED) is 0.421. The number of sulfonamides is 1. The summed E-state index contributed by atoms with van der Waals surface area (Å²) in [6.07, 6.45) is 0.449. The van der Waals surface area contributed by atoms with E-state index < -0.39 is 22.0 Å². The summed E-state index contributed by atoms with van der Waals surface area (Å²) < 4.78 is 34.4. The minimum absolute atomic E-state index is 0.0857. The number of benzene rings is 3. The van der Waals surface area contributed by atoms with Crippen LogP contribution in [0.3, 0.4) is 0 Å². The molecule has 1 atom stereocenters. The van der Waals surface area contributed by atoms with Gasteiger partial charge in [-0.1, -0.05) is 66.2 Å². The molecule has 1 heterocycles. The first-order valence-electron chi connectivity index (χ1n) is 12.3. The molecule has 1 aliphatic heterocycles. The van der Waals surface area contributed by atoms with Crippen LogP contribution in [0.15, 0.2) is 83.8 Å². The van der Waals surface area contributed by atoms with Gasteiger partial charge in [0.2, 0.25) is 15.9 Å². The van der Waals surface area contributed by atoms with Gasteiger partial charge >= 0.3 is 0 Å². The molecule has 1 fully saturated rings. The summed E-state index contributed by atoms with van der Waals surface area (Å²) in [5.41, 5.74) is 2.79. The maximum absolute atomic E-state index is 13.9. The average Bonchev–Trinajstić information content (AvgIpc) is 2.92. The molecule has 3 aromatic rings. The fourth-order valence-corrected chi connectivity index (χ4v) is 6.12. The Hall–Kier alpha value is -2.75. The van der Waals surface area contributed by atoms with E-state index in [0.29, 0.717) is 17.0 Å². The maximum atomic E-state index is 13.9. The predicted molar refractivity (Wildman–Crippen MR) is 145 cm³/mol. The topological polar surface area (TPSA) is 79.0 Å². The Kier molecular flexibility index (Phi) is 9.34. The maximum Gasteiger partial charge on any atom is 0.244 e. The van der Waals surface area contributed by atoms with E-state index in [1.54, 1.807) is 24.3 Å². The van der Waals surface area contributed by atoms with Crippen molar-refractivity contribution >= 4 is 27.5 Å². The summed E-state index contributed by atoms with van der Waals surface area (Å²) in [4.78, 5) is 15.5. The smallest absolute Gasteiger partial charge is 0.244 e. The number of hydrogen-bond donors (Lipinski definition) is 1. The van der Waals surface area contributed by atoms with Crippen molar-refractivity contribution in [2.24, 2.45) is 0 Å². The minimum Gasteiger partial charge on any atom is -0.379 e. The Balaban J connectivity index is 1.60. The van der Waals surface area contributed by atoms with Gasteiger partial charge in [0.05, 0.1) is 18.1 Å². The number of ether oxygens (including phenoxy) is 1. The molecular formula is C28H32ClN3O4S. The van der Waals surface area contributed by atoms with Crippen LogP contribution in [0, 0.1) is 0 Å². The molecule has 0 aliphatic carbocycles. The summed E-state index contributed by atoms with van der Waals surface area (Å²) in [5.74, 6) is -0.399. The highest BCUT2D eigenvalue weighted by atomic mass is 35.5. The third-order valence-electron chi connectivity index (χ3n) is 6.47. The van der Waals surface area contributed by atoms with E-state index >= 15 is 0 Å². The number of halogens is 1. The lowest BCUT2D eigenvalue weighted by atomic mass is 10.0.